The molecule has 1 aromatic heterocycles. The molecule has 1 aliphatic rings. The number of nitrogens with one attached hydrogen (secondary N) is 1. The molecule has 1 aliphatic heterocycles. The van der Waals surface area contributed by atoms with Crippen molar-refractivity contribution >= 4 is 22.4 Å². The van der Waals surface area contributed by atoms with Crippen LogP contribution in [0.4, 0.5) is 5.69 Å². The van der Waals surface area contributed by atoms with E-state index in [0.717, 1.165) is 48.4 Å². The van der Waals surface area contributed by atoms with E-state index in [1.807, 2.05) is 37.4 Å². The second-order valence-electron chi connectivity index (χ2n) is 7.01. The first-order valence-corrected chi connectivity index (χ1v) is 9.41. The number of anilines is 1. The Morgan fingerprint density at radius 3 is 2.52 bits per heavy atom. The van der Waals surface area contributed by atoms with Crippen molar-refractivity contribution < 1.29 is 9.53 Å². The van der Waals surface area contributed by atoms with Crippen molar-refractivity contribution in [2.45, 2.75) is 13.0 Å². The van der Waals surface area contributed by atoms with Crippen LogP contribution in [-0.4, -0.2) is 55.0 Å². The maximum Gasteiger partial charge on any atom is 0.181 e. The zero-order valence-corrected chi connectivity index (χ0v) is 15.8. The van der Waals surface area contributed by atoms with Crippen molar-refractivity contribution in [1.29, 1.82) is 0 Å². The largest absolute Gasteiger partial charge is 0.497 e. The maximum atomic E-state index is 13.2. The van der Waals surface area contributed by atoms with Crippen molar-refractivity contribution in [3.05, 3.63) is 60.3 Å². The summed E-state index contributed by atoms with van der Waals surface area (Å²) in [4.78, 5) is 21.0. The van der Waals surface area contributed by atoms with Gasteiger partial charge in [0.1, 0.15) is 5.75 Å². The number of fused-ring (bicyclic) bond motifs is 1. The van der Waals surface area contributed by atoms with E-state index in [1.54, 1.807) is 7.11 Å². The number of nitrogens with zero attached hydrogens (tertiary/aromatic N) is 2. The highest BCUT2D eigenvalue weighted by atomic mass is 16.5. The highest BCUT2D eigenvalue weighted by Crippen LogP contribution is 2.26. The summed E-state index contributed by atoms with van der Waals surface area (Å²) in [6.07, 6.45) is 1.82. The summed E-state index contributed by atoms with van der Waals surface area (Å²) in [5.41, 5.74) is 2.95. The van der Waals surface area contributed by atoms with Gasteiger partial charge in [0.15, 0.2) is 5.78 Å². The fourth-order valence-electron chi connectivity index (χ4n) is 3.83. The van der Waals surface area contributed by atoms with Crippen LogP contribution in [0, 0.1) is 0 Å². The van der Waals surface area contributed by atoms with Gasteiger partial charge in [-0.2, -0.15) is 0 Å². The van der Waals surface area contributed by atoms with Crippen LogP contribution < -0.4 is 9.64 Å². The SMILES string of the molecule is COc1ccc2[nH]cc(C(=O)C(C)N3CCN(c4ccccc4)CC3)c2c1. The fourth-order valence-corrected chi connectivity index (χ4v) is 3.83. The second kappa shape index (κ2) is 7.45. The van der Waals surface area contributed by atoms with Crippen molar-refractivity contribution in [1.82, 2.24) is 9.88 Å². The summed E-state index contributed by atoms with van der Waals surface area (Å²) in [5.74, 6) is 0.919. The molecule has 1 saturated heterocycles. The van der Waals surface area contributed by atoms with Crippen LogP contribution in [0.1, 0.15) is 17.3 Å². The Hall–Kier alpha value is -2.79. The molecule has 0 bridgehead atoms. The van der Waals surface area contributed by atoms with Gasteiger partial charge in [-0.1, -0.05) is 18.2 Å². The molecule has 0 aliphatic carbocycles. The van der Waals surface area contributed by atoms with Gasteiger partial charge in [0.05, 0.1) is 13.2 Å². The molecule has 5 nitrogen and oxygen atoms in total. The molecular formula is C22H25N3O2. The Kier molecular flexibility index (Phi) is 4.86. The molecule has 1 N–H and O–H groups in total. The summed E-state index contributed by atoms with van der Waals surface area (Å²) in [5, 5.41) is 0.925. The van der Waals surface area contributed by atoms with E-state index in [0.29, 0.717) is 0 Å². The zero-order chi connectivity index (χ0) is 18.8. The minimum atomic E-state index is -0.145. The van der Waals surface area contributed by atoms with Crippen molar-refractivity contribution in [3.8, 4) is 5.75 Å². The van der Waals surface area contributed by atoms with Gasteiger partial charge in [-0.25, -0.2) is 0 Å². The molecule has 1 unspecified atom stereocenters. The van der Waals surface area contributed by atoms with Gasteiger partial charge in [-0.05, 0) is 37.3 Å². The topological polar surface area (TPSA) is 48.6 Å². The number of aromatic amines is 1. The molecule has 3 aromatic rings. The molecule has 4 rings (SSSR count). The molecule has 2 aromatic carbocycles. The van der Waals surface area contributed by atoms with Crippen molar-refractivity contribution in [2.75, 3.05) is 38.2 Å². The molecule has 2 heterocycles. The molecule has 0 amide bonds. The smallest absolute Gasteiger partial charge is 0.181 e. The average molecular weight is 363 g/mol. The molecule has 1 atom stereocenters. The number of aromatic nitrogens is 1. The summed E-state index contributed by atoms with van der Waals surface area (Å²) < 4.78 is 5.32. The predicted molar refractivity (Wildman–Crippen MR) is 109 cm³/mol. The summed E-state index contributed by atoms with van der Waals surface area (Å²) in [6, 6.07) is 16.1. The highest BCUT2D eigenvalue weighted by molar-refractivity contribution is 6.10. The lowest BCUT2D eigenvalue weighted by Gasteiger charge is -2.38. The predicted octanol–water partition coefficient (Wildman–Crippen LogP) is 3.57. The molecule has 0 saturated carbocycles. The van der Waals surface area contributed by atoms with E-state index < -0.39 is 0 Å². The lowest BCUT2D eigenvalue weighted by molar-refractivity contribution is 0.0831. The van der Waals surface area contributed by atoms with Gasteiger partial charge >= 0.3 is 0 Å². The number of ether oxygens (including phenoxy) is 1. The first-order chi connectivity index (χ1) is 13.2. The molecule has 0 radical (unpaired) electrons. The number of benzene rings is 2. The van der Waals surface area contributed by atoms with E-state index >= 15 is 0 Å². The minimum Gasteiger partial charge on any atom is -0.497 e. The number of piperazine rings is 1. The number of carbonyl (C=O) groups is 1. The number of Topliss-reactive ketones (excluding diaryl/α,β-unsaturated/α-hetero) is 1. The number of carbonyl (C=O) groups excluding carboxylic acids is 1. The van der Waals surface area contributed by atoms with Gasteiger partial charge in [0.25, 0.3) is 0 Å². The molecule has 0 spiro atoms. The Balaban J connectivity index is 1.47. The number of hydrogen-bond donors (Lipinski definition) is 1. The normalized spacial score (nSPS) is 16.4. The van der Waals surface area contributed by atoms with Crippen LogP contribution in [0.3, 0.4) is 0 Å². The first kappa shape index (κ1) is 17.6. The number of rotatable bonds is 5. The zero-order valence-electron chi connectivity index (χ0n) is 15.8. The second-order valence-corrected chi connectivity index (χ2v) is 7.01. The summed E-state index contributed by atoms with van der Waals surface area (Å²) in [6.45, 7) is 5.65. The first-order valence-electron chi connectivity index (χ1n) is 9.41. The van der Waals surface area contributed by atoms with Crippen LogP contribution in [0.25, 0.3) is 10.9 Å². The fraction of sp³-hybridized carbons (Fsp3) is 0.318. The Labute approximate surface area is 159 Å². The van der Waals surface area contributed by atoms with Gasteiger partial charge < -0.3 is 14.6 Å². The van der Waals surface area contributed by atoms with E-state index in [2.05, 4.69) is 39.0 Å². The van der Waals surface area contributed by atoms with E-state index in [9.17, 15) is 4.79 Å². The van der Waals surface area contributed by atoms with Crippen LogP contribution >= 0.6 is 0 Å². The number of methoxy groups -OCH3 is 1. The summed E-state index contributed by atoms with van der Waals surface area (Å²) >= 11 is 0. The standard InChI is InChI=1S/C22H25N3O2/c1-16(24-10-12-25(13-11-24)17-6-4-3-5-7-17)22(26)20-15-23-21-9-8-18(27-2)14-19(20)21/h3-9,14-16,23H,10-13H2,1-2H3. The number of hydrogen-bond acceptors (Lipinski definition) is 4. The molecular weight excluding hydrogens is 338 g/mol. The van der Waals surface area contributed by atoms with Crippen molar-refractivity contribution in [2.24, 2.45) is 0 Å². The monoisotopic (exact) mass is 363 g/mol. The van der Waals surface area contributed by atoms with Gasteiger partial charge in [0, 0.05) is 54.5 Å². The third-order valence-corrected chi connectivity index (χ3v) is 5.52. The molecule has 1 fully saturated rings. The maximum absolute atomic E-state index is 13.2. The Morgan fingerprint density at radius 1 is 1.07 bits per heavy atom. The number of H-pyrrole nitrogens is 1. The quantitative estimate of drug-likeness (QED) is 0.704. The van der Waals surface area contributed by atoms with Crippen LogP contribution in [0.15, 0.2) is 54.7 Å². The molecule has 5 heteroatoms. The Morgan fingerprint density at radius 2 is 1.81 bits per heavy atom. The van der Waals surface area contributed by atoms with Crippen LogP contribution in [0.2, 0.25) is 0 Å². The molecule has 27 heavy (non-hydrogen) atoms. The van der Waals surface area contributed by atoms with Crippen molar-refractivity contribution in [3.63, 3.8) is 0 Å². The lowest BCUT2D eigenvalue weighted by atomic mass is 10.0. The third-order valence-electron chi connectivity index (χ3n) is 5.52. The van der Waals surface area contributed by atoms with Gasteiger partial charge in [0.2, 0.25) is 0 Å². The lowest BCUT2D eigenvalue weighted by Crippen LogP contribution is -2.51. The van der Waals surface area contributed by atoms with Crippen LogP contribution in [0.5, 0.6) is 5.75 Å². The molecule has 140 valence electrons. The van der Waals surface area contributed by atoms with Crippen LogP contribution in [-0.2, 0) is 0 Å². The number of para-hydroxylation sites is 1. The summed E-state index contributed by atoms with van der Waals surface area (Å²) in [7, 11) is 1.64. The van der Waals surface area contributed by atoms with Gasteiger partial charge in [-0.15, -0.1) is 0 Å². The highest BCUT2D eigenvalue weighted by Gasteiger charge is 2.27. The minimum absolute atomic E-state index is 0.145. The average Bonchev–Trinajstić information content (AvgIpc) is 3.16. The van der Waals surface area contributed by atoms with E-state index in [-0.39, 0.29) is 11.8 Å². The van der Waals surface area contributed by atoms with E-state index in [1.165, 1.54) is 5.69 Å². The van der Waals surface area contributed by atoms with Gasteiger partial charge in [-0.3, -0.25) is 9.69 Å². The Bertz CT molecular complexity index is 927. The van der Waals surface area contributed by atoms with E-state index in [4.69, 9.17) is 4.74 Å². The third kappa shape index (κ3) is 3.43. The number of ketones is 1.